The molecule has 1 aromatic carbocycles. The van der Waals surface area contributed by atoms with Gasteiger partial charge in [0.1, 0.15) is 0 Å². The van der Waals surface area contributed by atoms with Crippen LogP contribution in [0, 0.1) is 5.92 Å². The van der Waals surface area contributed by atoms with Crippen LogP contribution in [0.25, 0.3) is 0 Å². The van der Waals surface area contributed by atoms with Gasteiger partial charge in [-0.1, -0.05) is 25.5 Å². The first kappa shape index (κ1) is 12.9. The lowest BCUT2D eigenvalue weighted by molar-refractivity contribution is 0.0949. The summed E-state index contributed by atoms with van der Waals surface area (Å²) < 4.78 is 0. The minimum absolute atomic E-state index is 0.0511. The number of hydrogen-bond acceptors (Lipinski definition) is 2. The topological polar surface area (TPSA) is 41.1 Å². The second-order valence-corrected chi connectivity index (χ2v) is 4.94. The zero-order valence-corrected chi connectivity index (χ0v) is 11.2. The van der Waals surface area contributed by atoms with Gasteiger partial charge in [0.05, 0.1) is 5.56 Å². The first-order chi connectivity index (χ1) is 8.76. The van der Waals surface area contributed by atoms with E-state index in [0.717, 1.165) is 24.2 Å². The lowest BCUT2D eigenvalue weighted by atomic mass is 10.1. The average Bonchev–Trinajstić information content (AvgIpc) is 3.09. The molecule has 0 aliphatic heterocycles. The highest BCUT2D eigenvalue weighted by Gasteiger charge is 2.37. The van der Waals surface area contributed by atoms with E-state index in [4.69, 9.17) is 0 Å². The van der Waals surface area contributed by atoms with E-state index in [-0.39, 0.29) is 5.91 Å². The summed E-state index contributed by atoms with van der Waals surface area (Å²) in [6.07, 6.45) is 3.56. The van der Waals surface area contributed by atoms with E-state index in [9.17, 15) is 4.79 Å². The summed E-state index contributed by atoms with van der Waals surface area (Å²) in [7, 11) is 0. The number of para-hydroxylation sites is 1. The van der Waals surface area contributed by atoms with Crippen molar-refractivity contribution in [2.24, 2.45) is 5.92 Å². The molecule has 0 heterocycles. The van der Waals surface area contributed by atoms with Crippen LogP contribution in [0.3, 0.4) is 0 Å². The Morgan fingerprint density at radius 2 is 2.11 bits per heavy atom. The highest BCUT2D eigenvalue weighted by Crippen LogP contribution is 2.34. The van der Waals surface area contributed by atoms with Crippen molar-refractivity contribution in [3.05, 3.63) is 29.8 Å². The lowest BCUT2D eigenvalue weighted by Crippen LogP contribution is -2.27. The van der Waals surface area contributed by atoms with Crippen LogP contribution in [-0.2, 0) is 0 Å². The molecule has 1 saturated carbocycles. The largest absolute Gasteiger partial charge is 0.385 e. The SMILES string of the molecule is CCCC1CC1NC(=O)c1ccccc1NCC. The molecular formula is C15H22N2O. The van der Waals surface area contributed by atoms with Crippen LogP contribution in [0.5, 0.6) is 0 Å². The quantitative estimate of drug-likeness (QED) is 0.810. The molecule has 1 amide bonds. The Balaban J connectivity index is 1.97. The van der Waals surface area contributed by atoms with Crippen molar-refractivity contribution in [1.82, 2.24) is 5.32 Å². The molecule has 3 heteroatoms. The van der Waals surface area contributed by atoms with Gasteiger partial charge in [0.25, 0.3) is 5.91 Å². The minimum atomic E-state index is 0.0511. The Kier molecular flexibility index (Phi) is 4.24. The Hall–Kier alpha value is -1.51. The van der Waals surface area contributed by atoms with E-state index in [2.05, 4.69) is 17.6 Å². The maximum atomic E-state index is 12.2. The fourth-order valence-corrected chi connectivity index (χ4v) is 2.39. The monoisotopic (exact) mass is 246 g/mol. The maximum Gasteiger partial charge on any atom is 0.253 e. The van der Waals surface area contributed by atoms with Crippen molar-refractivity contribution in [3.8, 4) is 0 Å². The Bertz CT molecular complexity index is 417. The van der Waals surface area contributed by atoms with E-state index in [1.807, 2.05) is 31.2 Å². The standard InChI is InChI=1S/C15H22N2O/c1-3-7-11-10-14(11)17-15(18)12-8-5-6-9-13(12)16-4-2/h5-6,8-9,11,14,16H,3-4,7,10H2,1-2H3,(H,17,18). The molecule has 2 unspecified atom stereocenters. The second kappa shape index (κ2) is 5.89. The van der Waals surface area contributed by atoms with Crippen LogP contribution in [0.2, 0.25) is 0 Å². The zero-order valence-electron chi connectivity index (χ0n) is 11.2. The van der Waals surface area contributed by atoms with Crippen LogP contribution in [0.15, 0.2) is 24.3 Å². The van der Waals surface area contributed by atoms with Crippen LogP contribution in [-0.4, -0.2) is 18.5 Å². The third kappa shape index (κ3) is 3.03. The van der Waals surface area contributed by atoms with Crippen LogP contribution < -0.4 is 10.6 Å². The highest BCUT2D eigenvalue weighted by molar-refractivity contribution is 5.99. The van der Waals surface area contributed by atoms with Crippen molar-refractivity contribution < 1.29 is 4.79 Å². The number of rotatable bonds is 6. The summed E-state index contributed by atoms with van der Waals surface area (Å²) in [5.41, 5.74) is 1.67. The van der Waals surface area contributed by atoms with Gasteiger partial charge in [-0.25, -0.2) is 0 Å². The van der Waals surface area contributed by atoms with Crippen molar-refractivity contribution >= 4 is 11.6 Å². The van der Waals surface area contributed by atoms with Gasteiger partial charge in [0, 0.05) is 18.3 Å². The maximum absolute atomic E-state index is 12.2. The van der Waals surface area contributed by atoms with Gasteiger partial charge >= 0.3 is 0 Å². The smallest absolute Gasteiger partial charge is 0.253 e. The van der Waals surface area contributed by atoms with E-state index < -0.39 is 0 Å². The van der Waals surface area contributed by atoms with Crippen LogP contribution >= 0.6 is 0 Å². The van der Waals surface area contributed by atoms with E-state index in [0.29, 0.717) is 12.0 Å². The van der Waals surface area contributed by atoms with Gasteiger partial charge in [-0.3, -0.25) is 4.79 Å². The molecule has 2 atom stereocenters. The first-order valence-electron chi connectivity index (χ1n) is 6.90. The summed E-state index contributed by atoms with van der Waals surface area (Å²) in [6.45, 7) is 5.05. The van der Waals surface area contributed by atoms with Gasteiger partial charge < -0.3 is 10.6 Å². The molecule has 18 heavy (non-hydrogen) atoms. The number of anilines is 1. The summed E-state index contributed by atoms with van der Waals surface area (Å²) in [5.74, 6) is 0.750. The van der Waals surface area contributed by atoms with Gasteiger partial charge in [0.2, 0.25) is 0 Å². The van der Waals surface area contributed by atoms with Crippen molar-refractivity contribution in [2.75, 3.05) is 11.9 Å². The molecule has 1 aliphatic carbocycles. The molecule has 98 valence electrons. The number of benzene rings is 1. The fraction of sp³-hybridized carbons (Fsp3) is 0.533. The molecule has 0 radical (unpaired) electrons. The number of hydrogen-bond donors (Lipinski definition) is 2. The summed E-state index contributed by atoms with van der Waals surface area (Å²) in [4.78, 5) is 12.2. The first-order valence-corrected chi connectivity index (χ1v) is 6.90. The van der Waals surface area contributed by atoms with Crippen molar-refractivity contribution in [1.29, 1.82) is 0 Å². The van der Waals surface area contributed by atoms with E-state index in [1.165, 1.54) is 12.8 Å². The number of nitrogens with one attached hydrogen (secondary N) is 2. The summed E-state index contributed by atoms with van der Waals surface area (Å²) in [5, 5.41) is 6.35. The third-order valence-electron chi connectivity index (χ3n) is 3.44. The predicted octanol–water partition coefficient (Wildman–Crippen LogP) is 3.04. The van der Waals surface area contributed by atoms with E-state index >= 15 is 0 Å². The molecule has 0 spiro atoms. The van der Waals surface area contributed by atoms with Crippen LogP contribution in [0.1, 0.15) is 43.5 Å². The fourth-order valence-electron chi connectivity index (χ4n) is 2.39. The molecule has 0 bridgehead atoms. The molecule has 0 saturated heterocycles. The third-order valence-corrected chi connectivity index (χ3v) is 3.44. The summed E-state index contributed by atoms with van der Waals surface area (Å²) >= 11 is 0. The molecule has 0 aromatic heterocycles. The molecule has 1 aromatic rings. The van der Waals surface area contributed by atoms with Gasteiger partial charge in [-0.05, 0) is 37.8 Å². The van der Waals surface area contributed by atoms with Crippen molar-refractivity contribution in [2.45, 2.75) is 39.2 Å². The minimum Gasteiger partial charge on any atom is -0.385 e. The number of amides is 1. The Labute approximate surface area is 109 Å². The normalized spacial score (nSPS) is 21.4. The molecule has 1 fully saturated rings. The zero-order chi connectivity index (χ0) is 13.0. The molecule has 1 aliphatic rings. The number of carbonyl (C=O) groups is 1. The molecule has 3 nitrogen and oxygen atoms in total. The van der Waals surface area contributed by atoms with E-state index in [1.54, 1.807) is 0 Å². The van der Waals surface area contributed by atoms with Gasteiger partial charge in [-0.15, -0.1) is 0 Å². The highest BCUT2D eigenvalue weighted by atomic mass is 16.1. The lowest BCUT2D eigenvalue weighted by Gasteiger charge is -2.10. The van der Waals surface area contributed by atoms with Crippen molar-refractivity contribution in [3.63, 3.8) is 0 Å². The molecule has 2 N–H and O–H groups in total. The summed E-state index contributed by atoms with van der Waals surface area (Å²) in [6, 6.07) is 8.09. The van der Waals surface area contributed by atoms with Gasteiger partial charge in [0.15, 0.2) is 0 Å². The Morgan fingerprint density at radius 1 is 1.33 bits per heavy atom. The molecule has 2 rings (SSSR count). The number of carbonyl (C=O) groups excluding carboxylic acids is 1. The molecular weight excluding hydrogens is 224 g/mol. The van der Waals surface area contributed by atoms with Gasteiger partial charge in [-0.2, -0.15) is 0 Å². The second-order valence-electron chi connectivity index (χ2n) is 4.94. The average molecular weight is 246 g/mol. The predicted molar refractivity (Wildman–Crippen MR) is 74.9 cm³/mol. The Morgan fingerprint density at radius 3 is 2.83 bits per heavy atom. The van der Waals surface area contributed by atoms with Crippen LogP contribution in [0.4, 0.5) is 5.69 Å².